The Balaban J connectivity index is 2.13. The van der Waals surface area contributed by atoms with Gasteiger partial charge in [-0.2, -0.15) is 13.2 Å². The van der Waals surface area contributed by atoms with Gasteiger partial charge in [-0.25, -0.2) is 9.37 Å². The molecule has 0 saturated heterocycles. The molecule has 0 aliphatic carbocycles. The number of nitrogens with zero attached hydrogens (tertiary/aromatic N) is 1. The van der Waals surface area contributed by atoms with Crippen molar-refractivity contribution in [3.05, 3.63) is 57.9 Å². The Morgan fingerprint density at radius 3 is 2.60 bits per heavy atom. The highest BCUT2D eigenvalue weighted by Crippen LogP contribution is 2.30. The third-order valence-corrected chi connectivity index (χ3v) is 3.33. The number of alkyl halides is 3. The third kappa shape index (κ3) is 3.69. The summed E-state index contributed by atoms with van der Waals surface area (Å²) in [5.41, 5.74) is -0.197. The molecule has 0 atom stereocenters. The number of hydrogen-bond acceptors (Lipinski definition) is 2. The van der Waals surface area contributed by atoms with Gasteiger partial charge in [0.1, 0.15) is 11.6 Å². The molecular formula is C13H9BrF4N2. The Kier molecular flexibility index (Phi) is 4.27. The quantitative estimate of drug-likeness (QED) is 0.819. The maximum atomic E-state index is 13.1. The molecule has 1 aromatic heterocycles. The number of rotatable bonds is 3. The van der Waals surface area contributed by atoms with E-state index in [0.29, 0.717) is 10.0 Å². The molecule has 0 radical (unpaired) electrons. The van der Waals surface area contributed by atoms with Crippen molar-refractivity contribution in [2.75, 3.05) is 5.32 Å². The number of benzene rings is 1. The molecule has 20 heavy (non-hydrogen) atoms. The van der Waals surface area contributed by atoms with Crippen LogP contribution in [0.5, 0.6) is 0 Å². The van der Waals surface area contributed by atoms with Crippen LogP contribution in [0.1, 0.15) is 11.1 Å². The molecule has 0 saturated carbocycles. The average molecular weight is 349 g/mol. The first kappa shape index (κ1) is 14.8. The number of hydrogen-bond donors (Lipinski definition) is 1. The maximum absolute atomic E-state index is 13.1. The minimum Gasteiger partial charge on any atom is -0.366 e. The summed E-state index contributed by atoms with van der Waals surface area (Å²) in [6.45, 7) is 0.159. The van der Waals surface area contributed by atoms with Gasteiger partial charge in [-0.15, -0.1) is 0 Å². The second kappa shape index (κ2) is 5.78. The van der Waals surface area contributed by atoms with Crippen molar-refractivity contribution >= 4 is 21.7 Å². The monoisotopic (exact) mass is 348 g/mol. The van der Waals surface area contributed by atoms with Crippen LogP contribution in [0.25, 0.3) is 0 Å². The fourth-order valence-corrected chi connectivity index (χ4v) is 1.95. The molecule has 7 heteroatoms. The molecule has 0 spiro atoms. The molecule has 0 fully saturated rings. The van der Waals surface area contributed by atoms with Crippen LogP contribution < -0.4 is 5.32 Å². The fourth-order valence-electron chi connectivity index (χ4n) is 1.57. The zero-order valence-corrected chi connectivity index (χ0v) is 11.6. The normalized spacial score (nSPS) is 11.4. The standard InChI is InChI=1S/C13H9BrF4N2/c14-11-2-1-10(15)5-8(11)7-20-12-6-9(3-4-19-12)13(16,17)18/h1-6H,7H2,(H,19,20). The van der Waals surface area contributed by atoms with Crippen LogP contribution in [0.2, 0.25) is 0 Å². The summed E-state index contributed by atoms with van der Waals surface area (Å²) < 4.78 is 51.4. The van der Waals surface area contributed by atoms with E-state index in [0.717, 1.165) is 18.3 Å². The lowest BCUT2D eigenvalue weighted by atomic mass is 10.2. The van der Waals surface area contributed by atoms with Gasteiger partial charge in [0.15, 0.2) is 0 Å². The van der Waals surface area contributed by atoms with E-state index in [4.69, 9.17) is 0 Å². The Morgan fingerprint density at radius 2 is 1.90 bits per heavy atom. The van der Waals surface area contributed by atoms with E-state index in [1.54, 1.807) is 0 Å². The zero-order valence-electron chi connectivity index (χ0n) is 10.0. The third-order valence-electron chi connectivity index (χ3n) is 2.55. The van der Waals surface area contributed by atoms with Crippen molar-refractivity contribution in [3.8, 4) is 0 Å². The van der Waals surface area contributed by atoms with Gasteiger partial charge < -0.3 is 5.32 Å². The van der Waals surface area contributed by atoms with Gasteiger partial charge in [0.25, 0.3) is 0 Å². The minimum absolute atomic E-state index is 0.0796. The van der Waals surface area contributed by atoms with Gasteiger partial charge in [-0.1, -0.05) is 15.9 Å². The lowest BCUT2D eigenvalue weighted by Crippen LogP contribution is -2.08. The van der Waals surface area contributed by atoms with E-state index in [1.165, 1.54) is 18.2 Å². The summed E-state index contributed by atoms with van der Waals surface area (Å²) >= 11 is 3.24. The highest BCUT2D eigenvalue weighted by Gasteiger charge is 2.30. The van der Waals surface area contributed by atoms with E-state index in [-0.39, 0.29) is 12.4 Å². The van der Waals surface area contributed by atoms with Gasteiger partial charge in [0, 0.05) is 17.2 Å². The summed E-state index contributed by atoms with van der Waals surface area (Å²) in [5, 5.41) is 2.73. The zero-order chi connectivity index (χ0) is 14.8. The van der Waals surface area contributed by atoms with E-state index < -0.39 is 17.6 Å². The molecule has 1 aromatic carbocycles. The first-order valence-electron chi connectivity index (χ1n) is 5.57. The van der Waals surface area contributed by atoms with Gasteiger partial charge in [0.2, 0.25) is 0 Å². The van der Waals surface area contributed by atoms with Gasteiger partial charge >= 0.3 is 6.18 Å². The van der Waals surface area contributed by atoms with E-state index in [9.17, 15) is 17.6 Å². The molecule has 2 aromatic rings. The molecule has 106 valence electrons. The highest BCUT2D eigenvalue weighted by atomic mass is 79.9. The second-order valence-corrected chi connectivity index (χ2v) is 4.87. The average Bonchev–Trinajstić information content (AvgIpc) is 2.39. The first-order chi connectivity index (χ1) is 9.36. The Bertz CT molecular complexity index is 614. The molecule has 0 aliphatic heterocycles. The van der Waals surface area contributed by atoms with Gasteiger partial charge in [-0.3, -0.25) is 0 Å². The smallest absolute Gasteiger partial charge is 0.366 e. The van der Waals surface area contributed by atoms with Crippen LogP contribution >= 0.6 is 15.9 Å². The van der Waals surface area contributed by atoms with Crippen LogP contribution in [-0.2, 0) is 12.7 Å². The van der Waals surface area contributed by atoms with E-state index >= 15 is 0 Å². The molecule has 1 N–H and O–H groups in total. The lowest BCUT2D eigenvalue weighted by molar-refractivity contribution is -0.137. The molecular weight excluding hydrogens is 340 g/mol. The molecule has 2 nitrogen and oxygen atoms in total. The molecule has 0 bridgehead atoms. The Labute approximate surface area is 121 Å². The summed E-state index contributed by atoms with van der Waals surface area (Å²) in [6.07, 6.45) is -3.34. The van der Waals surface area contributed by atoms with Crippen molar-refractivity contribution in [1.29, 1.82) is 0 Å². The summed E-state index contributed by atoms with van der Waals surface area (Å²) in [6, 6.07) is 5.92. The highest BCUT2D eigenvalue weighted by molar-refractivity contribution is 9.10. The second-order valence-electron chi connectivity index (χ2n) is 4.02. The molecule has 0 amide bonds. The van der Waals surface area contributed by atoms with Crippen molar-refractivity contribution in [1.82, 2.24) is 4.98 Å². The van der Waals surface area contributed by atoms with Gasteiger partial charge in [-0.05, 0) is 35.9 Å². The topological polar surface area (TPSA) is 24.9 Å². The largest absolute Gasteiger partial charge is 0.416 e. The maximum Gasteiger partial charge on any atom is 0.416 e. The van der Waals surface area contributed by atoms with Crippen molar-refractivity contribution in [2.24, 2.45) is 0 Å². The number of halogens is 5. The van der Waals surface area contributed by atoms with Crippen molar-refractivity contribution < 1.29 is 17.6 Å². The molecule has 0 unspecified atom stereocenters. The van der Waals surface area contributed by atoms with Crippen LogP contribution in [0.15, 0.2) is 41.0 Å². The first-order valence-corrected chi connectivity index (χ1v) is 6.36. The fraction of sp³-hybridized carbons (Fsp3) is 0.154. The molecule has 2 rings (SSSR count). The minimum atomic E-state index is -4.42. The lowest BCUT2D eigenvalue weighted by Gasteiger charge is -2.10. The van der Waals surface area contributed by atoms with E-state index in [2.05, 4.69) is 26.2 Å². The number of nitrogens with one attached hydrogen (secondary N) is 1. The summed E-state index contributed by atoms with van der Waals surface area (Å²) in [4.78, 5) is 3.80. The van der Waals surface area contributed by atoms with Crippen LogP contribution in [0.4, 0.5) is 23.4 Å². The van der Waals surface area contributed by atoms with Crippen LogP contribution in [-0.4, -0.2) is 4.98 Å². The predicted octanol–water partition coefficient (Wildman–Crippen LogP) is 4.61. The number of aromatic nitrogens is 1. The molecule has 1 heterocycles. The number of pyridine rings is 1. The molecule has 0 aliphatic rings. The van der Waals surface area contributed by atoms with Crippen LogP contribution in [0.3, 0.4) is 0 Å². The SMILES string of the molecule is Fc1ccc(Br)c(CNc2cc(C(F)(F)F)ccn2)c1. The van der Waals surface area contributed by atoms with E-state index in [1.807, 2.05) is 0 Å². The van der Waals surface area contributed by atoms with Crippen molar-refractivity contribution in [2.45, 2.75) is 12.7 Å². The Hall–Kier alpha value is -1.63. The van der Waals surface area contributed by atoms with Gasteiger partial charge in [0.05, 0.1) is 5.56 Å². The van der Waals surface area contributed by atoms with Crippen molar-refractivity contribution in [3.63, 3.8) is 0 Å². The summed E-state index contributed by atoms with van der Waals surface area (Å²) in [7, 11) is 0. The number of anilines is 1. The van der Waals surface area contributed by atoms with Crippen LogP contribution in [0, 0.1) is 5.82 Å². The predicted molar refractivity (Wildman–Crippen MR) is 70.7 cm³/mol. The Morgan fingerprint density at radius 1 is 1.15 bits per heavy atom. The summed E-state index contributed by atoms with van der Waals surface area (Å²) in [5.74, 6) is -0.335.